The van der Waals surface area contributed by atoms with Crippen molar-refractivity contribution in [2.45, 2.75) is 6.92 Å². The molecule has 3 heterocycles. The number of rotatable bonds is 6. The Morgan fingerprint density at radius 3 is 1.78 bits per heavy atom. The quantitative estimate of drug-likeness (QED) is 0.172. The van der Waals surface area contributed by atoms with Gasteiger partial charge >= 0.3 is 0 Å². The molecule has 232 valence electrons. The van der Waals surface area contributed by atoms with E-state index in [0.717, 1.165) is 60.8 Å². The Morgan fingerprint density at radius 2 is 1.10 bits per heavy atom. The van der Waals surface area contributed by atoms with Crippen molar-refractivity contribution in [3.63, 3.8) is 0 Å². The van der Waals surface area contributed by atoms with Crippen LogP contribution in [0.15, 0.2) is 164 Å². The molecule has 0 atom stereocenters. The minimum atomic E-state index is 0.551. The fourth-order valence-corrected chi connectivity index (χ4v) is 7.08. The largest absolute Gasteiger partial charge is 0.307 e. The van der Waals surface area contributed by atoms with Crippen LogP contribution in [0.1, 0.15) is 12.7 Å². The Morgan fingerprint density at radius 1 is 0.531 bits per heavy atom. The summed E-state index contributed by atoms with van der Waals surface area (Å²) in [6.07, 6.45) is 3.80. The van der Waals surface area contributed by atoms with Crippen LogP contribution in [0.4, 0.5) is 0 Å². The minimum absolute atomic E-state index is 0.551. The first-order valence-corrected chi connectivity index (χ1v) is 16.5. The van der Waals surface area contributed by atoms with Crippen molar-refractivity contribution in [1.82, 2.24) is 24.1 Å². The molecule has 9 aromatic rings. The SMILES string of the molecule is C=CC(=CC)c1nc(-c2cccc(-c3ccccc3)c2)nc(-n2c3ccccc3c3ccc4c5ccccc5n(-c5ccccc5)c4c32)n1. The van der Waals surface area contributed by atoms with Gasteiger partial charge in [0.25, 0.3) is 0 Å². The number of aromatic nitrogens is 5. The Hall–Kier alpha value is -6.59. The summed E-state index contributed by atoms with van der Waals surface area (Å²) in [5.74, 6) is 1.72. The maximum atomic E-state index is 5.27. The highest BCUT2D eigenvalue weighted by Crippen LogP contribution is 2.41. The van der Waals surface area contributed by atoms with E-state index >= 15 is 0 Å². The smallest absolute Gasteiger partial charge is 0.238 e. The minimum Gasteiger partial charge on any atom is -0.307 e. The average molecular weight is 630 g/mol. The van der Waals surface area contributed by atoms with E-state index in [2.05, 4.69) is 155 Å². The third-order valence-electron chi connectivity index (χ3n) is 9.32. The maximum Gasteiger partial charge on any atom is 0.238 e. The monoisotopic (exact) mass is 629 g/mol. The molecule has 5 heteroatoms. The van der Waals surface area contributed by atoms with E-state index in [4.69, 9.17) is 15.0 Å². The summed E-state index contributed by atoms with van der Waals surface area (Å²) in [5, 5.41) is 4.63. The van der Waals surface area contributed by atoms with Gasteiger partial charge in [0.05, 0.1) is 22.1 Å². The van der Waals surface area contributed by atoms with Gasteiger partial charge in [-0.1, -0.05) is 134 Å². The highest BCUT2D eigenvalue weighted by atomic mass is 15.2. The molecule has 0 saturated carbocycles. The predicted molar refractivity (Wildman–Crippen MR) is 203 cm³/mol. The van der Waals surface area contributed by atoms with Gasteiger partial charge < -0.3 is 4.57 Å². The Bertz CT molecular complexity index is 2730. The van der Waals surface area contributed by atoms with Gasteiger partial charge in [0.2, 0.25) is 5.95 Å². The average Bonchev–Trinajstić information content (AvgIpc) is 3.69. The number of nitrogens with zero attached hydrogens (tertiary/aromatic N) is 5. The molecule has 0 aliphatic carbocycles. The fourth-order valence-electron chi connectivity index (χ4n) is 7.08. The molecule has 49 heavy (non-hydrogen) atoms. The van der Waals surface area contributed by atoms with Crippen molar-refractivity contribution >= 4 is 49.2 Å². The summed E-state index contributed by atoms with van der Waals surface area (Å²) in [7, 11) is 0. The van der Waals surface area contributed by atoms with Gasteiger partial charge in [0.1, 0.15) is 0 Å². The Kier molecular flexibility index (Phi) is 6.76. The number of hydrogen-bond donors (Lipinski definition) is 0. The number of allylic oxidation sites excluding steroid dienone is 3. The zero-order valence-electron chi connectivity index (χ0n) is 27.0. The normalized spacial score (nSPS) is 12.0. The van der Waals surface area contributed by atoms with E-state index < -0.39 is 0 Å². The summed E-state index contributed by atoms with van der Waals surface area (Å²) in [4.78, 5) is 15.5. The van der Waals surface area contributed by atoms with E-state index in [0.29, 0.717) is 17.6 Å². The Balaban J connectivity index is 1.41. The van der Waals surface area contributed by atoms with Crippen LogP contribution in [0.2, 0.25) is 0 Å². The molecule has 0 amide bonds. The van der Waals surface area contributed by atoms with Crippen LogP contribution in [0, 0.1) is 0 Å². The molecule has 0 spiro atoms. The van der Waals surface area contributed by atoms with Gasteiger partial charge in [-0.3, -0.25) is 4.57 Å². The van der Waals surface area contributed by atoms with Crippen LogP contribution in [-0.2, 0) is 0 Å². The molecule has 6 aromatic carbocycles. The molecule has 0 aliphatic rings. The van der Waals surface area contributed by atoms with Gasteiger partial charge in [0, 0.05) is 38.4 Å². The van der Waals surface area contributed by atoms with Crippen LogP contribution in [0.5, 0.6) is 0 Å². The van der Waals surface area contributed by atoms with Crippen LogP contribution >= 0.6 is 0 Å². The molecule has 0 bridgehead atoms. The lowest BCUT2D eigenvalue weighted by atomic mass is 10.0. The fraction of sp³-hybridized carbons (Fsp3) is 0.0227. The van der Waals surface area contributed by atoms with Gasteiger partial charge in [-0.15, -0.1) is 0 Å². The van der Waals surface area contributed by atoms with Crippen LogP contribution < -0.4 is 0 Å². The number of fused-ring (bicyclic) bond motifs is 7. The number of para-hydroxylation sites is 3. The third kappa shape index (κ3) is 4.59. The second-order valence-corrected chi connectivity index (χ2v) is 12.1. The highest BCUT2D eigenvalue weighted by molar-refractivity contribution is 6.23. The lowest BCUT2D eigenvalue weighted by molar-refractivity contribution is 0.932. The van der Waals surface area contributed by atoms with Crippen LogP contribution in [-0.4, -0.2) is 24.1 Å². The first-order chi connectivity index (χ1) is 24.2. The van der Waals surface area contributed by atoms with E-state index in [9.17, 15) is 0 Å². The van der Waals surface area contributed by atoms with Gasteiger partial charge in [-0.05, 0) is 48.4 Å². The zero-order valence-corrected chi connectivity index (χ0v) is 27.0. The van der Waals surface area contributed by atoms with Crippen LogP contribution in [0.25, 0.3) is 83.3 Å². The van der Waals surface area contributed by atoms with Gasteiger partial charge in [0.15, 0.2) is 11.6 Å². The molecule has 0 radical (unpaired) electrons. The molecular weight excluding hydrogens is 599 g/mol. The molecule has 3 aromatic heterocycles. The summed E-state index contributed by atoms with van der Waals surface area (Å²) >= 11 is 0. The van der Waals surface area contributed by atoms with Crippen molar-refractivity contribution in [2.75, 3.05) is 0 Å². The van der Waals surface area contributed by atoms with Crippen molar-refractivity contribution in [3.05, 3.63) is 170 Å². The number of hydrogen-bond acceptors (Lipinski definition) is 3. The molecule has 0 aliphatic heterocycles. The molecule has 0 fully saturated rings. The summed E-state index contributed by atoms with van der Waals surface area (Å²) in [5.41, 5.74) is 9.40. The summed E-state index contributed by atoms with van der Waals surface area (Å²) < 4.78 is 4.59. The topological polar surface area (TPSA) is 48.5 Å². The summed E-state index contributed by atoms with van der Waals surface area (Å²) in [6.45, 7) is 6.07. The lowest BCUT2D eigenvalue weighted by Gasteiger charge is -2.13. The van der Waals surface area contributed by atoms with Gasteiger partial charge in [-0.25, -0.2) is 4.98 Å². The summed E-state index contributed by atoms with van der Waals surface area (Å²) in [6, 6.07) is 51.0. The number of benzene rings is 6. The van der Waals surface area contributed by atoms with E-state index in [1.807, 2.05) is 19.1 Å². The molecule has 0 unspecified atom stereocenters. The lowest BCUT2D eigenvalue weighted by Crippen LogP contribution is -2.08. The second kappa shape index (κ2) is 11.6. The highest BCUT2D eigenvalue weighted by Gasteiger charge is 2.23. The van der Waals surface area contributed by atoms with Crippen LogP contribution in [0.3, 0.4) is 0 Å². The first-order valence-electron chi connectivity index (χ1n) is 16.5. The van der Waals surface area contributed by atoms with Crippen molar-refractivity contribution in [3.8, 4) is 34.2 Å². The predicted octanol–water partition coefficient (Wildman–Crippen LogP) is 11.0. The second-order valence-electron chi connectivity index (χ2n) is 12.1. The van der Waals surface area contributed by atoms with Crippen molar-refractivity contribution < 1.29 is 0 Å². The van der Waals surface area contributed by atoms with Crippen molar-refractivity contribution in [1.29, 1.82) is 0 Å². The molecule has 5 nitrogen and oxygen atoms in total. The third-order valence-corrected chi connectivity index (χ3v) is 9.32. The molecule has 0 N–H and O–H groups in total. The zero-order chi connectivity index (χ0) is 32.9. The molecule has 9 rings (SSSR count). The standard InChI is InChI=1S/C44H31N5/c1-3-29(4-2)42-45-43(32-19-15-18-31(28-32)30-16-7-5-8-17-30)47-44(46-42)49-39-25-14-12-23-35(39)37-27-26-36-34-22-11-13-24-38(34)48(40(36)41(37)49)33-20-9-6-10-21-33/h3-28H,1H2,2H3. The van der Waals surface area contributed by atoms with Crippen molar-refractivity contribution in [2.24, 2.45) is 0 Å². The first kappa shape index (κ1) is 28.6. The molecular formula is C44H31N5. The van der Waals surface area contributed by atoms with E-state index in [1.165, 1.54) is 10.8 Å². The molecule has 0 saturated heterocycles. The van der Waals surface area contributed by atoms with Gasteiger partial charge in [-0.2, -0.15) is 9.97 Å². The van der Waals surface area contributed by atoms with E-state index in [1.54, 1.807) is 6.08 Å². The maximum absolute atomic E-state index is 5.27. The van der Waals surface area contributed by atoms with E-state index in [-0.39, 0.29) is 0 Å². The Labute approximate surface area is 283 Å².